The number of ether oxygens (including phenoxy) is 2. The zero-order valence-electron chi connectivity index (χ0n) is 12.4. The molecule has 0 aliphatic carbocycles. The molecule has 0 saturated heterocycles. The predicted molar refractivity (Wildman–Crippen MR) is 85.8 cm³/mol. The standard InChI is InChI=1S/C18H21NO2/c1-2-11-20-17-9-7-15(8-10-17)19-16-6-5-14-4-3-12-21-18(14)13-16/h5-10,13,19H,2-4,11-12H2,1H3. The van der Waals surface area contributed by atoms with Crippen LogP contribution in [0.1, 0.15) is 25.3 Å². The number of fused-ring (bicyclic) bond motifs is 1. The maximum Gasteiger partial charge on any atom is 0.124 e. The van der Waals surface area contributed by atoms with E-state index >= 15 is 0 Å². The molecule has 0 saturated carbocycles. The molecule has 2 aromatic carbocycles. The molecule has 0 fully saturated rings. The van der Waals surface area contributed by atoms with Crippen molar-refractivity contribution >= 4 is 11.4 Å². The molecule has 0 amide bonds. The van der Waals surface area contributed by atoms with Gasteiger partial charge in [0.15, 0.2) is 0 Å². The minimum absolute atomic E-state index is 0.759. The van der Waals surface area contributed by atoms with Crippen LogP contribution in [0.15, 0.2) is 42.5 Å². The number of benzene rings is 2. The highest BCUT2D eigenvalue weighted by atomic mass is 16.5. The van der Waals surface area contributed by atoms with Crippen molar-refractivity contribution in [2.24, 2.45) is 0 Å². The molecule has 0 spiro atoms. The molecule has 3 rings (SSSR count). The third-order valence-electron chi connectivity index (χ3n) is 3.53. The second kappa shape index (κ2) is 6.53. The molecule has 0 unspecified atom stereocenters. The van der Waals surface area contributed by atoms with Crippen molar-refractivity contribution in [2.45, 2.75) is 26.2 Å². The summed E-state index contributed by atoms with van der Waals surface area (Å²) in [5.74, 6) is 1.92. The Labute approximate surface area is 125 Å². The van der Waals surface area contributed by atoms with Crippen LogP contribution in [0.3, 0.4) is 0 Å². The van der Waals surface area contributed by atoms with E-state index in [0.717, 1.165) is 55.4 Å². The van der Waals surface area contributed by atoms with Crippen LogP contribution >= 0.6 is 0 Å². The fraction of sp³-hybridized carbons (Fsp3) is 0.333. The van der Waals surface area contributed by atoms with Crippen molar-refractivity contribution in [1.82, 2.24) is 0 Å². The van der Waals surface area contributed by atoms with Gasteiger partial charge in [0, 0.05) is 17.4 Å². The molecular weight excluding hydrogens is 262 g/mol. The topological polar surface area (TPSA) is 30.5 Å². The van der Waals surface area contributed by atoms with E-state index in [1.807, 2.05) is 24.3 Å². The summed E-state index contributed by atoms with van der Waals surface area (Å²) in [6.45, 7) is 3.68. The first kappa shape index (κ1) is 13.8. The highest BCUT2D eigenvalue weighted by Gasteiger charge is 2.10. The monoisotopic (exact) mass is 283 g/mol. The second-order valence-electron chi connectivity index (χ2n) is 5.27. The second-order valence-corrected chi connectivity index (χ2v) is 5.27. The number of hydrogen-bond acceptors (Lipinski definition) is 3. The first-order chi connectivity index (χ1) is 10.3. The van der Waals surface area contributed by atoms with E-state index in [1.54, 1.807) is 0 Å². The lowest BCUT2D eigenvalue weighted by Crippen LogP contribution is -2.08. The highest BCUT2D eigenvalue weighted by molar-refractivity contribution is 5.63. The molecule has 0 aromatic heterocycles. The van der Waals surface area contributed by atoms with E-state index in [-0.39, 0.29) is 0 Å². The molecule has 21 heavy (non-hydrogen) atoms. The average molecular weight is 283 g/mol. The molecule has 0 bridgehead atoms. The van der Waals surface area contributed by atoms with Gasteiger partial charge in [0.2, 0.25) is 0 Å². The molecule has 1 aliphatic rings. The number of aryl methyl sites for hydroxylation is 1. The Hall–Kier alpha value is -2.16. The van der Waals surface area contributed by atoms with Gasteiger partial charge in [-0.25, -0.2) is 0 Å². The largest absolute Gasteiger partial charge is 0.494 e. The van der Waals surface area contributed by atoms with Crippen LogP contribution in [0, 0.1) is 0 Å². The van der Waals surface area contributed by atoms with Crippen molar-refractivity contribution in [3.63, 3.8) is 0 Å². The van der Waals surface area contributed by atoms with Crippen molar-refractivity contribution < 1.29 is 9.47 Å². The van der Waals surface area contributed by atoms with Gasteiger partial charge in [-0.15, -0.1) is 0 Å². The van der Waals surface area contributed by atoms with E-state index in [0.29, 0.717) is 0 Å². The van der Waals surface area contributed by atoms with Gasteiger partial charge in [-0.05, 0) is 55.2 Å². The fourth-order valence-electron chi connectivity index (χ4n) is 2.44. The molecule has 1 heterocycles. The maximum atomic E-state index is 5.71. The molecule has 1 N–H and O–H groups in total. The van der Waals surface area contributed by atoms with Crippen LogP contribution in [0.5, 0.6) is 11.5 Å². The molecule has 2 aromatic rings. The lowest BCUT2D eigenvalue weighted by atomic mass is 10.1. The third kappa shape index (κ3) is 3.48. The van der Waals surface area contributed by atoms with Gasteiger partial charge in [-0.1, -0.05) is 13.0 Å². The number of anilines is 2. The number of hydrogen-bond donors (Lipinski definition) is 1. The van der Waals surface area contributed by atoms with Crippen LogP contribution in [0.2, 0.25) is 0 Å². The van der Waals surface area contributed by atoms with Gasteiger partial charge in [0.25, 0.3) is 0 Å². The molecular formula is C18H21NO2. The summed E-state index contributed by atoms with van der Waals surface area (Å²) in [7, 11) is 0. The van der Waals surface area contributed by atoms with Crippen LogP contribution in [-0.2, 0) is 6.42 Å². The summed E-state index contributed by atoms with van der Waals surface area (Å²) >= 11 is 0. The zero-order valence-corrected chi connectivity index (χ0v) is 12.4. The first-order valence-corrected chi connectivity index (χ1v) is 7.61. The highest BCUT2D eigenvalue weighted by Crippen LogP contribution is 2.29. The van der Waals surface area contributed by atoms with Crippen LogP contribution in [-0.4, -0.2) is 13.2 Å². The SMILES string of the molecule is CCCOc1ccc(Nc2ccc3c(c2)OCCC3)cc1. The minimum atomic E-state index is 0.759. The Morgan fingerprint density at radius 2 is 1.90 bits per heavy atom. The van der Waals surface area contributed by atoms with E-state index in [1.165, 1.54) is 5.56 Å². The third-order valence-corrected chi connectivity index (χ3v) is 3.53. The summed E-state index contributed by atoms with van der Waals surface area (Å²) in [5, 5.41) is 3.40. The summed E-state index contributed by atoms with van der Waals surface area (Å²) in [6.07, 6.45) is 3.24. The van der Waals surface area contributed by atoms with Crippen LogP contribution in [0.25, 0.3) is 0 Å². The summed E-state index contributed by atoms with van der Waals surface area (Å²) < 4.78 is 11.3. The number of rotatable bonds is 5. The average Bonchev–Trinajstić information content (AvgIpc) is 2.54. The normalized spacial score (nSPS) is 13.2. The van der Waals surface area contributed by atoms with Gasteiger partial charge < -0.3 is 14.8 Å². The number of nitrogens with one attached hydrogen (secondary N) is 1. The molecule has 0 radical (unpaired) electrons. The molecule has 0 atom stereocenters. The van der Waals surface area contributed by atoms with Gasteiger partial charge in [0.05, 0.1) is 13.2 Å². The summed E-state index contributed by atoms with van der Waals surface area (Å²) in [4.78, 5) is 0. The summed E-state index contributed by atoms with van der Waals surface area (Å²) in [5.41, 5.74) is 3.41. The Kier molecular flexibility index (Phi) is 4.29. The molecule has 1 aliphatic heterocycles. The summed E-state index contributed by atoms with van der Waals surface area (Å²) in [6, 6.07) is 14.4. The van der Waals surface area contributed by atoms with Gasteiger partial charge in [0.1, 0.15) is 11.5 Å². The van der Waals surface area contributed by atoms with Crippen molar-refractivity contribution in [3.05, 3.63) is 48.0 Å². The molecule has 3 nitrogen and oxygen atoms in total. The Morgan fingerprint density at radius 1 is 1.10 bits per heavy atom. The van der Waals surface area contributed by atoms with Gasteiger partial charge in [-0.2, -0.15) is 0 Å². The molecule has 110 valence electrons. The van der Waals surface area contributed by atoms with E-state index in [2.05, 4.69) is 30.4 Å². The lowest BCUT2D eigenvalue weighted by molar-refractivity contribution is 0.288. The van der Waals surface area contributed by atoms with E-state index in [9.17, 15) is 0 Å². The Bertz CT molecular complexity index is 593. The van der Waals surface area contributed by atoms with Crippen molar-refractivity contribution in [2.75, 3.05) is 18.5 Å². The molecule has 3 heteroatoms. The predicted octanol–water partition coefficient (Wildman–Crippen LogP) is 4.54. The first-order valence-electron chi connectivity index (χ1n) is 7.61. The van der Waals surface area contributed by atoms with Crippen LogP contribution < -0.4 is 14.8 Å². The van der Waals surface area contributed by atoms with Gasteiger partial charge >= 0.3 is 0 Å². The van der Waals surface area contributed by atoms with Crippen molar-refractivity contribution in [1.29, 1.82) is 0 Å². The fourth-order valence-corrected chi connectivity index (χ4v) is 2.44. The minimum Gasteiger partial charge on any atom is -0.494 e. The zero-order chi connectivity index (χ0) is 14.5. The quantitative estimate of drug-likeness (QED) is 0.873. The smallest absolute Gasteiger partial charge is 0.124 e. The Morgan fingerprint density at radius 3 is 2.71 bits per heavy atom. The van der Waals surface area contributed by atoms with E-state index < -0.39 is 0 Å². The van der Waals surface area contributed by atoms with Gasteiger partial charge in [-0.3, -0.25) is 0 Å². The van der Waals surface area contributed by atoms with Crippen LogP contribution in [0.4, 0.5) is 11.4 Å². The van der Waals surface area contributed by atoms with E-state index in [4.69, 9.17) is 9.47 Å². The van der Waals surface area contributed by atoms with Crippen molar-refractivity contribution in [3.8, 4) is 11.5 Å². The lowest BCUT2D eigenvalue weighted by Gasteiger charge is -2.18. The Balaban J connectivity index is 1.68. The maximum absolute atomic E-state index is 5.71.